The van der Waals surface area contributed by atoms with Gasteiger partial charge in [-0.15, -0.1) is 0 Å². The zero-order valence-corrected chi connectivity index (χ0v) is 31.0. The minimum Gasteiger partial charge on any atom is -0.310 e. The minimum atomic E-state index is 0.997. The van der Waals surface area contributed by atoms with Crippen LogP contribution in [0.5, 0.6) is 0 Å². The maximum absolute atomic E-state index is 4.60. The molecule has 0 aliphatic heterocycles. The quantitative estimate of drug-likeness (QED) is 0.160. The number of fused-ring (bicyclic) bond motifs is 6. The van der Waals surface area contributed by atoms with Gasteiger partial charge in [-0.3, -0.25) is 9.97 Å². The number of hydrogen-bond acceptors (Lipinski definition) is 3. The van der Waals surface area contributed by atoms with Crippen LogP contribution in [0.15, 0.2) is 213 Å². The first-order valence-corrected chi connectivity index (χ1v) is 19.4. The average molecular weight is 726 g/mol. The van der Waals surface area contributed by atoms with Gasteiger partial charge in [-0.05, 0) is 138 Å². The highest BCUT2D eigenvalue weighted by Gasteiger charge is 2.16. The molecule has 11 rings (SSSR count). The first-order valence-electron chi connectivity index (χ1n) is 19.4. The van der Waals surface area contributed by atoms with Gasteiger partial charge in [-0.2, -0.15) is 0 Å². The van der Waals surface area contributed by atoms with Crippen LogP contribution in [-0.4, -0.2) is 9.97 Å². The number of pyridine rings is 2. The van der Waals surface area contributed by atoms with E-state index in [4.69, 9.17) is 0 Å². The Bertz CT molecular complexity index is 3160. The molecule has 266 valence electrons. The fourth-order valence-electron chi connectivity index (χ4n) is 8.48. The van der Waals surface area contributed by atoms with Crippen LogP contribution in [0.2, 0.25) is 0 Å². The molecule has 9 aromatic carbocycles. The van der Waals surface area contributed by atoms with Crippen LogP contribution in [0.4, 0.5) is 17.1 Å². The maximum Gasteiger partial charge on any atom is 0.0708 e. The topological polar surface area (TPSA) is 29.0 Å². The smallest absolute Gasteiger partial charge is 0.0708 e. The van der Waals surface area contributed by atoms with Crippen molar-refractivity contribution in [3.8, 4) is 33.4 Å². The van der Waals surface area contributed by atoms with Gasteiger partial charge in [-0.1, -0.05) is 127 Å². The Kier molecular flexibility index (Phi) is 7.82. The van der Waals surface area contributed by atoms with Gasteiger partial charge in [0.05, 0.1) is 11.0 Å². The van der Waals surface area contributed by atoms with Crippen LogP contribution < -0.4 is 4.90 Å². The Hall–Kier alpha value is -7.62. The number of nitrogens with zero attached hydrogens (tertiary/aromatic N) is 3. The molecule has 11 aromatic rings. The van der Waals surface area contributed by atoms with Gasteiger partial charge in [0.25, 0.3) is 0 Å². The molecular weight excluding hydrogens is 691 g/mol. The molecule has 0 saturated carbocycles. The summed E-state index contributed by atoms with van der Waals surface area (Å²) in [7, 11) is 0. The first kappa shape index (κ1) is 32.8. The van der Waals surface area contributed by atoms with Gasteiger partial charge in [0, 0.05) is 40.2 Å². The summed E-state index contributed by atoms with van der Waals surface area (Å²) in [6, 6.07) is 72.3. The van der Waals surface area contributed by atoms with E-state index < -0.39 is 0 Å². The zero-order chi connectivity index (χ0) is 37.7. The van der Waals surface area contributed by atoms with Crippen LogP contribution in [0, 0.1) is 0 Å². The summed E-state index contributed by atoms with van der Waals surface area (Å²) < 4.78 is 0. The average Bonchev–Trinajstić information content (AvgIpc) is 3.29. The second-order valence-electron chi connectivity index (χ2n) is 14.6. The fraction of sp³-hybridized carbons (Fsp3) is 0. The Labute approximate surface area is 330 Å². The Morgan fingerprint density at radius 2 is 0.754 bits per heavy atom. The molecule has 0 unspecified atom stereocenters. The van der Waals surface area contributed by atoms with E-state index in [0.29, 0.717) is 0 Å². The standard InChI is InChI=1S/C54H35N3/c1-2-8-39-33-40(16-15-36(39)7-1)41-23-29-49-42(34-41)17-18-43-35-46(28-30-50(43)49)57(44-24-19-37(20-25-44)47-9-3-13-53-51(47)11-5-31-55-53)45-26-21-38(22-27-45)48-10-4-14-54-52(48)12-6-32-56-54/h1-35H. The number of aromatic nitrogens is 2. The summed E-state index contributed by atoms with van der Waals surface area (Å²) in [5, 5.41) is 9.73. The van der Waals surface area contributed by atoms with Gasteiger partial charge in [-0.25, -0.2) is 0 Å². The molecular formula is C54H35N3. The minimum absolute atomic E-state index is 0.997. The van der Waals surface area contributed by atoms with Gasteiger partial charge in [0.15, 0.2) is 0 Å². The lowest BCUT2D eigenvalue weighted by atomic mass is 9.96. The van der Waals surface area contributed by atoms with Crippen molar-refractivity contribution in [2.45, 2.75) is 0 Å². The summed E-state index contributed by atoms with van der Waals surface area (Å²) in [5.41, 5.74) is 12.4. The monoisotopic (exact) mass is 725 g/mol. The van der Waals surface area contributed by atoms with Crippen LogP contribution >= 0.6 is 0 Å². The zero-order valence-electron chi connectivity index (χ0n) is 31.0. The Morgan fingerprint density at radius 1 is 0.281 bits per heavy atom. The van der Waals surface area contributed by atoms with Crippen LogP contribution in [-0.2, 0) is 0 Å². The van der Waals surface area contributed by atoms with Crippen molar-refractivity contribution in [3.63, 3.8) is 0 Å². The third kappa shape index (κ3) is 5.85. The Balaban J connectivity index is 1.00. The highest BCUT2D eigenvalue weighted by molar-refractivity contribution is 6.10. The van der Waals surface area contributed by atoms with Gasteiger partial charge in [0.1, 0.15) is 0 Å². The number of rotatable bonds is 6. The third-order valence-electron chi connectivity index (χ3n) is 11.3. The summed E-state index contributed by atoms with van der Waals surface area (Å²) in [6.07, 6.45) is 3.70. The van der Waals surface area contributed by atoms with Crippen molar-refractivity contribution in [2.75, 3.05) is 4.90 Å². The second-order valence-corrected chi connectivity index (χ2v) is 14.6. The van der Waals surface area contributed by atoms with E-state index in [9.17, 15) is 0 Å². The highest BCUT2D eigenvalue weighted by atomic mass is 15.1. The molecule has 2 heterocycles. The molecule has 0 radical (unpaired) electrons. The highest BCUT2D eigenvalue weighted by Crippen LogP contribution is 2.40. The van der Waals surface area contributed by atoms with E-state index in [1.165, 1.54) is 54.6 Å². The molecule has 0 bridgehead atoms. The number of anilines is 3. The summed E-state index contributed by atoms with van der Waals surface area (Å²) in [6.45, 7) is 0. The summed E-state index contributed by atoms with van der Waals surface area (Å²) >= 11 is 0. The predicted molar refractivity (Wildman–Crippen MR) is 241 cm³/mol. The number of hydrogen-bond donors (Lipinski definition) is 0. The molecule has 0 fully saturated rings. The van der Waals surface area contributed by atoms with Crippen molar-refractivity contribution in [2.24, 2.45) is 0 Å². The van der Waals surface area contributed by atoms with Gasteiger partial charge >= 0.3 is 0 Å². The maximum atomic E-state index is 4.60. The van der Waals surface area contributed by atoms with Gasteiger partial charge < -0.3 is 4.90 Å². The van der Waals surface area contributed by atoms with Crippen molar-refractivity contribution in [1.29, 1.82) is 0 Å². The van der Waals surface area contributed by atoms with Crippen molar-refractivity contribution in [3.05, 3.63) is 213 Å². The molecule has 0 saturated heterocycles. The van der Waals surface area contributed by atoms with Gasteiger partial charge in [0.2, 0.25) is 0 Å². The lowest BCUT2D eigenvalue weighted by Crippen LogP contribution is -2.09. The van der Waals surface area contributed by atoms with E-state index in [2.05, 4.69) is 203 Å². The first-order chi connectivity index (χ1) is 28.2. The van der Waals surface area contributed by atoms with E-state index in [1.807, 2.05) is 24.5 Å². The molecule has 0 atom stereocenters. The normalized spacial score (nSPS) is 11.5. The lowest BCUT2D eigenvalue weighted by molar-refractivity contribution is 1.29. The third-order valence-corrected chi connectivity index (χ3v) is 11.3. The lowest BCUT2D eigenvalue weighted by Gasteiger charge is -2.26. The molecule has 3 nitrogen and oxygen atoms in total. The van der Waals surface area contributed by atoms with Crippen molar-refractivity contribution >= 4 is 71.2 Å². The summed E-state index contributed by atoms with van der Waals surface area (Å²) in [5.74, 6) is 0. The van der Waals surface area contributed by atoms with E-state index in [1.54, 1.807) is 0 Å². The van der Waals surface area contributed by atoms with E-state index in [0.717, 1.165) is 50.0 Å². The molecule has 0 amide bonds. The van der Waals surface area contributed by atoms with Crippen LogP contribution in [0.25, 0.3) is 87.5 Å². The molecule has 3 heteroatoms. The molecule has 0 spiro atoms. The van der Waals surface area contributed by atoms with Crippen molar-refractivity contribution in [1.82, 2.24) is 9.97 Å². The molecule has 2 aromatic heterocycles. The van der Waals surface area contributed by atoms with Crippen LogP contribution in [0.1, 0.15) is 0 Å². The Morgan fingerprint density at radius 3 is 1.37 bits per heavy atom. The van der Waals surface area contributed by atoms with E-state index in [-0.39, 0.29) is 0 Å². The van der Waals surface area contributed by atoms with E-state index >= 15 is 0 Å². The summed E-state index contributed by atoms with van der Waals surface area (Å²) in [4.78, 5) is 11.6. The second kappa shape index (κ2) is 13.6. The molecule has 0 aliphatic rings. The SMILES string of the molecule is c1ccc2cc(-c3ccc4c(ccc5cc(N(c6ccc(-c7cccc8ncccc78)cc6)c6ccc(-c7cccc8ncccc78)cc6)ccc54)c3)ccc2c1. The van der Waals surface area contributed by atoms with Crippen LogP contribution in [0.3, 0.4) is 0 Å². The largest absolute Gasteiger partial charge is 0.310 e. The fourth-order valence-corrected chi connectivity index (χ4v) is 8.48. The molecule has 0 aliphatic carbocycles. The van der Waals surface area contributed by atoms with Crippen molar-refractivity contribution < 1.29 is 0 Å². The molecule has 0 N–H and O–H groups in total. The number of benzene rings is 9. The predicted octanol–water partition coefficient (Wildman–Crippen LogP) is 14.7. The molecule has 57 heavy (non-hydrogen) atoms.